The highest BCUT2D eigenvalue weighted by Gasteiger charge is 2.44. The van der Waals surface area contributed by atoms with Crippen LogP contribution < -0.4 is 5.32 Å². The van der Waals surface area contributed by atoms with E-state index in [0.29, 0.717) is 15.0 Å². The topological polar surface area (TPSA) is 83.6 Å². The van der Waals surface area contributed by atoms with E-state index < -0.39 is 27.9 Å². The fourth-order valence-electron chi connectivity index (χ4n) is 3.13. The van der Waals surface area contributed by atoms with Crippen molar-refractivity contribution in [1.82, 2.24) is 4.31 Å². The van der Waals surface area contributed by atoms with E-state index in [9.17, 15) is 18.0 Å². The maximum absolute atomic E-state index is 13.1. The highest BCUT2D eigenvalue weighted by Crippen LogP contribution is 2.29. The first-order valence-corrected chi connectivity index (χ1v) is 10.6. The molecule has 3 rings (SSSR count). The molecule has 8 heteroatoms. The number of aryl methyl sites for hydroxylation is 3. The van der Waals surface area contributed by atoms with Crippen LogP contribution >= 0.6 is 11.6 Å². The number of halogens is 1. The molecule has 1 saturated heterocycles. The molecular weight excluding hydrogens is 400 g/mol. The van der Waals surface area contributed by atoms with Crippen LogP contribution in [-0.2, 0) is 19.6 Å². The summed E-state index contributed by atoms with van der Waals surface area (Å²) in [6.45, 7) is 5.47. The molecule has 1 aliphatic rings. The fourth-order valence-corrected chi connectivity index (χ4v) is 4.99. The van der Waals surface area contributed by atoms with E-state index >= 15 is 0 Å². The summed E-state index contributed by atoms with van der Waals surface area (Å²) in [6, 6.07) is 8.60. The lowest BCUT2D eigenvalue weighted by atomic mass is 10.1. The minimum atomic E-state index is -4.14. The number of carbonyl (C=O) groups excluding carboxylic acids is 2. The van der Waals surface area contributed by atoms with Gasteiger partial charge in [0.05, 0.1) is 4.90 Å². The zero-order valence-corrected chi connectivity index (χ0v) is 17.4. The van der Waals surface area contributed by atoms with E-state index in [-0.39, 0.29) is 17.7 Å². The smallest absolute Gasteiger partial charge is 0.267 e. The van der Waals surface area contributed by atoms with Gasteiger partial charge in [-0.15, -0.1) is 0 Å². The molecule has 2 aromatic carbocycles. The molecule has 1 unspecified atom stereocenters. The number of anilines is 1. The van der Waals surface area contributed by atoms with Crippen LogP contribution in [-0.4, -0.2) is 30.6 Å². The minimum Gasteiger partial charge on any atom is -0.324 e. The van der Waals surface area contributed by atoms with Crippen molar-refractivity contribution in [3.05, 3.63) is 58.1 Å². The van der Waals surface area contributed by atoms with Crippen LogP contribution in [0.1, 0.15) is 29.5 Å². The molecule has 0 radical (unpaired) electrons. The Bertz CT molecular complexity index is 1070. The Morgan fingerprint density at radius 1 is 1.07 bits per heavy atom. The Balaban J connectivity index is 1.93. The quantitative estimate of drug-likeness (QED) is 0.819. The van der Waals surface area contributed by atoms with Gasteiger partial charge in [0.1, 0.15) is 6.04 Å². The Morgan fingerprint density at radius 2 is 1.75 bits per heavy atom. The second-order valence-corrected chi connectivity index (χ2v) is 9.19. The lowest BCUT2D eigenvalue weighted by Crippen LogP contribution is -2.45. The molecule has 0 spiro atoms. The summed E-state index contributed by atoms with van der Waals surface area (Å²) in [6.07, 6.45) is 0.130. The maximum atomic E-state index is 13.1. The van der Waals surface area contributed by atoms with E-state index in [1.165, 1.54) is 12.1 Å². The van der Waals surface area contributed by atoms with Crippen molar-refractivity contribution in [2.75, 3.05) is 5.32 Å². The average molecular weight is 421 g/mol. The molecule has 148 valence electrons. The van der Waals surface area contributed by atoms with Crippen LogP contribution in [0.15, 0.2) is 41.3 Å². The van der Waals surface area contributed by atoms with Gasteiger partial charge in [0.15, 0.2) is 0 Å². The number of hydrogen-bond acceptors (Lipinski definition) is 4. The molecule has 1 heterocycles. The van der Waals surface area contributed by atoms with Gasteiger partial charge in [-0.2, -0.15) is 0 Å². The first kappa shape index (κ1) is 20.4. The van der Waals surface area contributed by atoms with Gasteiger partial charge in [-0.25, -0.2) is 12.7 Å². The van der Waals surface area contributed by atoms with Crippen LogP contribution in [0.25, 0.3) is 0 Å². The number of carbonyl (C=O) groups is 2. The maximum Gasteiger partial charge on any atom is 0.267 e. The third kappa shape index (κ3) is 3.77. The molecular formula is C20H21ClN2O4S. The molecule has 1 fully saturated rings. The second-order valence-electron chi connectivity index (χ2n) is 6.94. The van der Waals surface area contributed by atoms with Crippen molar-refractivity contribution < 1.29 is 18.0 Å². The van der Waals surface area contributed by atoms with E-state index in [0.717, 1.165) is 16.7 Å². The molecule has 2 aromatic rings. The molecule has 1 N–H and O–H groups in total. The van der Waals surface area contributed by atoms with Crippen molar-refractivity contribution >= 4 is 39.1 Å². The zero-order chi connectivity index (χ0) is 20.6. The number of amides is 2. The molecule has 1 aliphatic heterocycles. The summed E-state index contributed by atoms with van der Waals surface area (Å²) in [5.41, 5.74) is 3.01. The van der Waals surface area contributed by atoms with Crippen molar-refractivity contribution in [2.45, 2.75) is 44.6 Å². The largest absolute Gasteiger partial charge is 0.324 e. The lowest BCUT2D eigenvalue weighted by Gasteiger charge is -2.24. The monoisotopic (exact) mass is 420 g/mol. The van der Waals surface area contributed by atoms with Gasteiger partial charge in [0.25, 0.3) is 10.0 Å². The number of sulfonamides is 1. The third-order valence-corrected chi connectivity index (χ3v) is 7.02. The summed E-state index contributed by atoms with van der Waals surface area (Å²) in [4.78, 5) is 25.2. The third-order valence-electron chi connectivity index (χ3n) is 4.96. The summed E-state index contributed by atoms with van der Waals surface area (Å²) in [5.74, 6) is -1.13. The molecule has 2 amide bonds. The van der Waals surface area contributed by atoms with Crippen molar-refractivity contribution in [2.24, 2.45) is 0 Å². The SMILES string of the molecule is Cc1ccc(S(=O)(=O)N2C(=O)CCC2C(=O)Nc2cc(Cl)ccc2C)cc1C. The zero-order valence-electron chi connectivity index (χ0n) is 15.8. The number of nitrogens with one attached hydrogen (secondary N) is 1. The van der Waals surface area contributed by atoms with Crippen LogP contribution in [0.4, 0.5) is 5.69 Å². The average Bonchev–Trinajstić information content (AvgIpc) is 3.03. The Morgan fingerprint density at radius 3 is 2.43 bits per heavy atom. The number of hydrogen-bond donors (Lipinski definition) is 1. The fraction of sp³-hybridized carbons (Fsp3) is 0.300. The minimum absolute atomic E-state index is 0.00239. The number of nitrogens with zero attached hydrogens (tertiary/aromatic N) is 1. The Hall–Kier alpha value is -2.38. The molecule has 6 nitrogen and oxygen atoms in total. The van der Waals surface area contributed by atoms with Gasteiger partial charge >= 0.3 is 0 Å². The Labute approximate surface area is 169 Å². The van der Waals surface area contributed by atoms with Crippen LogP contribution in [0.2, 0.25) is 5.02 Å². The lowest BCUT2D eigenvalue weighted by molar-refractivity contribution is -0.128. The highest BCUT2D eigenvalue weighted by atomic mass is 35.5. The van der Waals surface area contributed by atoms with Gasteiger partial charge in [0, 0.05) is 17.1 Å². The number of benzene rings is 2. The van der Waals surface area contributed by atoms with E-state index in [2.05, 4.69) is 5.32 Å². The van der Waals surface area contributed by atoms with E-state index in [4.69, 9.17) is 11.6 Å². The number of rotatable bonds is 4. The molecule has 0 saturated carbocycles. The predicted octanol–water partition coefficient (Wildman–Crippen LogP) is 3.58. The molecule has 0 aliphatic carbocycles. The first-order valence-electron chi connectivity index (χ1n) is 8.83. The predicted molar refractivity (Wildman–Crippen MR) is 108 cm³/mol. The Kier molecular flexibility index (Phi) is 5.50. The van der Waals surface area contributed by atoms with Crippen LogP contribution in [0.5, 0.6) is 0 Å². The van der Waals surface area contributed by atoms with Crippen molar-refractivity contribution in [1.29, 1.82) is 0 Å². The van der Waals surface area contributed by atoms with Crippen LogP contribution in [0, 0.1) is 20.8 Å². The van der Waals surface area contributed by atoms with Gasteiger partial charge in [-0.05, 0) is 68.1 Å². The summed E-state index contributed by atoms with van der Waals surface area (Å²) >= 11 is 5.98. The van der Waals surface area contributed by atoms with Gasteiger partial charge in [-0.1, -0.05) is 23.7 Å². The van der Waals surface area contributed by atoms with E-state index in [1.807, 2.05) is 6.92 Å². The molecule has 0 bridgehead atoms. The summed E-state index contributed by atoms with van der Waals surface area (Å²) in [7, 11) is -4.14. The molecule has 0 aromatic heterocycles. The second kappa shape index (κ2) is 7.56. The van der Waals surface area contributed by atoms with Crippen LogP contribution in [0.3, 0.4) is 0 Å². The normalized spacial score (nSPS) is 17.1. The summed E-state index contributed by atoms with van der Waals surface area (Å²) in [5, 5.41) is 3.15. The summed E-state index contributed by atoms with van der Waals surface area (Å²) < 4.78 is 26.9. The standard InChI is InChI=1S/C20H21ClN2O4S/c1-12-5-7-16(10-14(12)3)28(26,27)23-18(8-9-19(23)24)20(25)22-17-11-15(21)6-4-13(17)2/h4-7,10-11,18H,8-9H2,1-3H3,(H,22,25). The molecule has 28 heavy (non-hydrogen) atoms. The van der Waals surface area contributed by atoms with Crippen molar-refractivity contribution in [3.8, 4) is 0 Å². The van der Waals surface area contributed by atoms with Gasteiger partial charge in [-0.3, -0.25) is 9.59 Å². The molecule has 1 atom stereocenters. The van der Waals surface area contributed by atoms with Gasteiger partial charge < -0.3 is 5.32 Å². The highest BCUT2D eigenvalue weighted by molar-refractivity contribution is 7.89. The first-order chi connectivity index (χ1) is 13.1. The van der Waals surface area contributed by atoms with Gasteiger partial charge in [0.2, 0.25) is 11.8 Å². The van der Waals surface area contributed by atoms with Crippen molar-refractivity contribution in [3.63, 3.8) is 0 Å². The van der Waals surface area contributed by atoms with E-state index in [1.54, 1.807) is 38.1 Å².